The van der Waals surface area contributed by atoms with Gasteiger partial charge in [0, 0.05) is 55.7 Å². The average Bonchev–Trinajstić information content (AvgIpc) is 2.75. The normalized spacial score (nSPS) is 10.3. The highest BCUT2D eigenvalue weighted by Crippen LogP contribution is 2.17. The highest BCUT2D eigenvalue weighted by atomic mass is 16.2. The summed E-state index contributed by atoms with van der Waals surface area (Å²) in [5, 5.41) is 5.77. The van der Waals surface area contributed by atoms with Gasteiger partial charge in [-0.05, 0) is 53.9 Å². The lowest BCUT2D eigenvalue weighted by molar-refractivity contribution is -0.116. The SMILES string of the molecule is CCCC(=O)Nc1cccc(NC(=O)N(Cc2ccncc2)Cc2cccnc2)c1. The van der Waals surface area contributed by atoms with E-state index in [1.165, 1.54) is 0 Å². The molecule has 0 unspecified atom stereocenters. The topological polar surface area (TPSA) is 87.2 Å². The molecule has 7 heteroatoms. The summed E-state index contributed by atoms with van der Waals surface area (Å²) in [5.74, 6) is -0.0446. The van der Waals surface area contributed by atoms with Gasteiger partial charge in [0.1, 0.15) is 0 Å². The van der Waals surface area contributed by atoms with Crippen LogP contribution in [0.25, 0.3) is 0 Å². The fraction of sp³-hybridized carbons (Fsp3) is 0.217. The molecular formula is C23H25N5O2. The lowest BCUT2D eigenvalue weighted by atomic mass is 10.2. The molecule has 3 rings (SSSR count). The summed E-state index contributed by atoms with van der Waals surface area (Å²) in [5.41, 5.74) is 3.17. The Morgan fingerprint density at radius 2 is 1.60 bits per heavy atom. The highest BCUT2D eigenvalue weighted by molar-refractivity contribution is 5.93. The summed E-state index contributed by atoms with van der Waals surface area (Å²) in [6, 6.07) is 14.4. The Balaban J connectivity index is 1.73. The van der Waals surface area contributed by atoms with Gasteiger partial charge in [0.05, 0.1) is 0 Å². The van der Waals surface area contributed by atoms with E-state index in [-0.39, 0.29) is 11.9 Å². The van der Waals surface area contributed by atoms with Crippen molar-refractivity contribution >= 4 is 23.3 Å². The van der Waals surface area contributed by atoms with Crippen LogP contribution in [0, 0.1) is 0 Å². The zero-order chi connectivity index (χ0) is 21.2. The zero-order valence-corrected chi connectivity index (χ0v) is 16.9. The second-order valence-electron chi connectivity index (χ2n) is 6.88. The van der Waals surface area contributed by atoms with Crippen LogP contribution in [0.3, 0.4) is 0 Å². The third-order valence-corrected chi connectivity index (χ3v) is 4.38. The first-order valence-corrected chi connectivity index (χ1v) is 9.87. The van der Waals surface area contributed by atoms with Crippen LogP contribution in [0.4, 0.5) is 16.2 Å². The fourth-order valence-electron chi connectivity index (χ4n) is 2.95. The molecule has 3 aromatic rings. The van der Waals surface area contributed by atoms with Gasteiger partial charge in [-0.15, -0.1) is 0 Å². The minimum atomic E-state index is -0.243. The van der Waals surface area contributed by atoms with Crippen LogP contribution < -0.4 is 10.6 Å². The molecule has 0 atom stereocenters. The number of amides is 3. The fourth-order valence-corrected chi connectivity index (χ4v) is 2.95. The van der Waals surface area contributed by atoms with E-state index < -0.39 is 0 Å². The van der Waals surface area contributed by atoms with E-state index in [1.807, 2.05) is 31.2 Å². The first kappa shape index (κ1) is 21.0. The van der Waals surface area contributed by atoms with Gasteiger partial charge in [-0.1, -0.05) is 19.1 Å². The number of nitrogens with one attached hydrogen (secondary N) is 2. The molecule has 0 saturated heterocycles. The lowest BCUT2D eigenvalue weighted by Crippen LogP contribution is -2.34. The van der Waals surface area contributed by atoms with Gasteiger partial charge in [0.25, 0.3) is 0 Å². The smallest absolute Gasteiger partial charge is 0.322 e. The number of nitrogens with zero attached hydrogens (tertiary/aromatic N) is 3. The molecule has 1 aromatic carbocycles. The van der Waals surface area contributed by atoms with Crippen molar-refractivity contribution in [3.8, 4) is 0 Å². The molecule has 2 N–H and O–H groups in total. The standard InChI is InChI=1S/C23H25N5O2/c1-2-5-22(29)26-20-7-3-8-21(14-20)27-23(30)28(16-18-9-12-24-13-10-18)17-19-6-4-11-25-15-19/h3-4,6-15H,2,5,16-17H2,1H3,(H,26,29)(H,27,30). The first-order chi connectivity index (χ1) is 14.6. The minimum Gasteiger partial charge on any atom is -0.326 e. The Bertz CT molecular complexity index is 922. The quantitative estimate of drug-likeness (QED) is 0.582. The Hall–Kier alpha value is -3.74. The van der Waals surface area contributed by atoms with Gasteiger partial charge in [-0.25, -0.2) is 4.79 Å². The van der Waals surface area contributed by atoms with Crippen molar-refractivity contribution in [3.63, 3.8) is 0 Å². The minimum absolute atomic E-state index is 0.0446. The molecular weight excluding hydrogens is 378 g/mol. The molecule has 0 spiro atoms. The molecule has 0 aliphatic rings. The maximum atomic E-state index is 13.0. The van der Waals surface area contributed by atoms with Gasteiger partial charge in [0.2, 0.25) is 5.91 Å². The largest absolute Gasteiger partial charge is 0.326 e. The molecule has 7 nitrogen and oxygen atoms in total. The molecule has 0 aliphatic heterocycles. The van der Waals surface area contributed by atoms with E-state index in [9.17, 15) is 9.59 Å². The third kappa shape index (κ3) is 6.41. The van der Waals surface area contributed by atoms with Gasteiger partial charge >= 0.3 is 6.03 Å². The maximum Gasteiger partial charge on any atom is 0.322 e. The molecule has 2 heterocycles. The molecule has 0 aliphatic carbocycles. The number of carbonyl (C=O) groups excluding carboxylic acids is 2. The number of hydrogen-bond acceptors (Lipinski definition) is 4. The molecule has 3 amide bonds. The van der Waals surface area contributed by atoms with E-state index in [0.29, 0.717) is 30.9 Å². The van der Waals surface area contributed by atoms with Crippen LogP contribution >= 0.6 is 0 Å². The summed E-state index contributed by atoms with van der Waals surface area (Å²) in [6.07, 6.45) is 8.10. The molecule has 0 radical (unpaired) electrons. The Labute approximate surface area is 176 Å². The Kier molecular flexibility index (Phi) is 7.49. The monoisotopic (exact) mass is 403 g/mol. The van der Waals surface area contributed by atoms with Crippen LogP contribution in [0.2, 0.25) is 0 Å². The molecule has 154 valence electrons. The van der Waals surface area contributed by atoms with E-state index in [4.69, 9.17) is 0 Å². The molecule has 2 aromatic heterocycles. The predicted molar refractivity (Wildman–Crippen MR) is 117 cm³/mol. The third-order valence-electron chi connectivity index (χ3n) is 4.38. The number of anilines is 2. The number of aromatic nitrogens is 2. The van der Waals surface area contributed by atoms with Crippen molar-refractivity contribution in [1.82, 2.24) is 14.9 Å². The van der Waals surface area contributed by atoms with Crippen molar-refractivity contribution in [1.29, 1.82) is 0 Å². The van der Waals surface area contributed by atoms with Crippen LogP contribution in [0.1, 0.15) is 30.9 Å². The number of pyridine rings is 2. The molecule has 0 saturated carbocycles. The predicted octanol–water partition coefficient (Wildman–Crippen LogP) is 4.45. The zero-order valence-electron chi connectivity index (χ0n) is 16.9. The molecule has 0 bridgehead atoms. The van der Waals surface area contributed by atoms with Crippen molar-refractivity contribution in [2.45, 2.75) is 32.9 Å². The number of rotatable bonds is 8. The van der Waals surface area contributed by atoms with Crippen molar-refractivity contribution in [2.75, 3.05) is 10.6 Å². The van der Waals surface area contributed by atoms with E-state index >= 15 is 0 Å². The highest BCUT2D eigenvalue weighted by Gasteiger charge is 2.15. The second kappa shape index (κ2) is 10.7. The van der Waals surface area contributed by atoms with Crippen LogP contribution in [0.5, 0.6) is 0 Å². The summed E-state index contributed by atoms with van der Waals surface area (Å²) in [4.78, 5) is 34.8. The van der Waals surface area contributed by atoms with Gasteiger partial charge < -0.3 is 15.5 Å². The number of carbonyl (C=O) groups is 2. The molecule has 30 heavy (non-hydrogen) atoms. The lowest BCUT2D eigenvalue weighted by Gasteiger charge is -2.23. The second-order valence-corrected chi connectivity index (χ2v) is 6.88. The Morgan fingerprint density at radius 1 is 0.867 bits per heavy atom. The summed E-state index contributed by atoms with van der Waals surface area (Å²) in [6.45, 7) is 2.79. The average molecular weight is 403 g/mol. The molecule has 0 fully saturated rings. The Morgan fingerprint density at radius 3 is 2.30 bits per heavy atom. The van der Waals surface area contributed by atoms with Gasteiger partial charge in [-0.3, -0.25) is 14.8 Å². The van der Waals surface area contributed by atoms with E-state index in [2.05, 4.69) is 20.6 Å². The van der Waals surface area contributed by atoms with Gasteiger partial charge in [-0.2, -0.15) is 0 Å². The van der Waals surface area contributed by atoms with Crippen LogP contribution in [0.15, 0.2) is 73.3 Å². The van der Waals surface area contributed by atoms with Gasteiger partial charge in [0.15, 0.2) is 0 Å². The first-order valence-electron chi connectivity index (χ1n) is 9.87. The maximum absolute atomic E-state index is 13.0. The summed E-state index contributed by atoms with van der Waals surface area (Å²) < 4.78 is 0. The van der Waals surface area contributed by atoms with E-state index in [0.717, 1.165) is 17.5 Å². The van der Waals surface area contributed by atoms with Crippen molar-refractivity contribution in [2.24, 2.45) is 0 Å². The van der Waals surface area contributed by atoms with Crippen LogP contribution in [-0.4, -0.2) is 26.8 Å². The summed E-state index contributed by atoms with van der Waals surface area (Å²) >= 11 is 0. The van der Waals surface area contributed by atoms with E-state index in [1.54, 1.807) is 54.0 Å². The number of urea groups is 1. The number of benzene rings is 1. The van der Waals surface area contributed by atoms with Crippen molar-refractivity contribution in [3.05, 3.63) is 84.4 Å². The van der Waals surface area contributed by atoms with Crippen molar-refractivity contribution < 1.29 is 9.59 Å². The summed E-state index contributed by atoms with van der Waals surface area (Å²) in [7, 11) is 0. The van der Waals surface area contributed by atoms with Crippen LogP contribution in [-0.2, 0) is 17.9 Å². The number of hydrogen-bond donors (Lipinski definition) is 2.